The van der Waals surface area contributed by atoms with E-state index in [0.717, 1.165) is 29.9 Å². The average molecular weight is 233 g/mol. The molecule has 1 aromatic rings. The average Bonchev–Trinajstić information content (AvgIpc) is 2.89. The van der Waals surface area contributed by atoms with Gasteiger partial charge >= 0.3 is 0 Å². The highest BCUT2D eigenvalue weighted by molar-refractivity contribution is 5.21. The van der Waals surface area contributed by atoms with Crippen molar-refractivity contribution >= 4 is 0 Å². The first-order valence-electron chi connectivity index (χ1n) is 6.39. The van der Waals surface area contributed by atoms with E-state index in [-0.39, 0.29) is 6.04 Å². The second-order valence-corrected chi connectivity index (χ2v) is 5.27. The Labute approximate surface area is 102 Å². The van der Waals surface area contributed by atoms with Gasteiger partial charge in [-0.2, -0.15) is 0 Å². The molecule has 4 unspecified atom stereocenters. The zero-order valence-electron chi connectivity index (χ0n) is 10.4. The summed E-state index contributed by atoms with van der Waals surface area (Å²) in [6, 6.07) is 0.000305. The van der Waals surface area contributed by atoms with E-state index in [0.29, 0.717) is 18.1 Å². The van der Waals surface area contributed by atoms with Crippen molar-refractivity contribution < 1.29 is 4.74 Å². The van der Waals surface area contributed by atoms with Crippen LogP contribution in [0.5, 0.6) is 0 Å². The highest BCUT2D eigenvalue weighted by atomic mass is 16.5. The largest absolute Gasteiger partial charge is 0.374 e. The molecular weight excluding hydrogens is 214 g/mol. The smallest absolute Gasteiger partial charge is 0.134 e. The SMILES string of the molecule is Cc1nc(C2CC3CCC2O3)ncc1C(C)N. The lowest BCUT2D eigenvalue weighted by atomic mass is 9.88. The van der Waals surface area contributed by atoms with Crippen molar-refractivity contribution in [2.75, 3.05) is 0 Å². The van der Waals surface area contributed by atoms with E-state index in [1.54, 1.807) is 0 Å². The molecule has 0 saturated carbocycles. The Morgan fingerprint density at radius 2 is 2.29 bits per heavy atom. The van der Waals surface area contributed by atoms with E-state index in [1.807, 2.05) is 20.0 Å². The number of ether oxygens (including phenoxy) is 1. The minimum atomic E-state index is 0.000305. The molecule has 0 aromatic carbocycles. The van der Waals surface area contributed by atoms with Gasteiger partial charge in [-0.15, -0.1) is 0 Å². The van der Waals surface area contributed by atoms with Crippen molar-refractivity contribution in [3.63, 3.8) is 0 Å². The highest BCUT2D eigenvalue weighted by Crippen LogP contribution is 2.43. The summed E-state index contributed by atoms with van der Waals surface area (Å²) in [6.45, 7) is 3.98. The summed E-state index contributed by atoms with van der Waals surface area (Å²) >= 11 is 0. The van der Waals surface area contributed by atoms with Crippen molar-refractivity contribution in [2.45, 2.75) is 57.3 Å². The van der Waals surface area contributed by atoms with Crippen LogP contribution in [0.2, 0.25) is 0 Å². The van der Waals surface area contributed by atoms with E-state index < -0.39 is 0 Å². The maximum atomic E-state index is 5.87. The van der Waals surface area contributed by atoms with Crippen molar-refractivity contribution in [2.24, 2.45) is 5.73 Å². The second kappa shape index (κ2) is 4.03. The van der Waals surface area contributed by atoms with Gasteiger partial charge in [-0.3, -0.25) is 0 Å². The predicted molar refractivity (Wildman–Crippen MR) is 64.6 cm³/mol. The fourth-order valence-corrected chi connectivity index (χ4v) is 3.03. The van der Waals surface area contributed by atoms with E-state index in [4.69, 9.17) is 10.5 Å². The number of hydrogen-bond donors (Lipinski definition) is 1. The molecule has 4 heteroatoms. The lowest BCUT2D eigenvalue weighted by molar-refractivity contribution is 0.0998. The quantitative estimate of drug-likeness (QED) is 0.846. The first-order chi connectivity index (χ1) is 8.15. The van der Waals surface area contributed by atoms with Gasteiger partial charge in [0, 0.05) is 29.4 Å². The van der Waals surface area contributed by atoms with Gasteiger partial charge in [0.15, 0.2) is 0 Å². The number of nitrogens with two attached hydrogens (primary N) is 1. The summed E-state index contributed by atoms with van der Waals surface area (Å²) in [6.07, 6.45) is 6.13. The molecule has 2 fully saturated rings. The Morgan fingerprint density at radius 3 is 2.82 bits per heavy atom. The topological polar surface area (TPSA) is 61.0 Å². The van der Waals surface area contributed by atoms with E-state index in [9.17, 15) is 0 Å². The maximum Gasteiger partial charge on any atom is 0.134 e. The van der Waals surface area contributed by atoms with Crippen LogP contribution < -0.4 is 5.73 Å². The number of hydrogen-bond acceptors (Lipinski definition) is 4. The Balaban J connectivity index is 1.87. The minimum absolute atomic E-state index is 0.000305. The molecular formula is C13H19N3O. The van der Waals surface area contributed by atoms with Crippen LogP contribution >= 0.6 is 0 Å². The van der Waals surface area contributed by atoms with E-state index in [2.05, 4.69) is 9.97 Å². The van der Waals surface area contributed by atoms with Gasteiger partial charge in [0.25, 0.3) is 0 Å². The third-order valence-electron chi connectivity index (χ3n) is 3.96. The summed E-state index contributed by atoms with van der Waals surface area (Å²) in [7, 11) is 0. The minimum Gasteiger partial charge on any atom is -0.374 e. The summed E-state index contributed by atoms with van der Waals surface area (Å²) in [5, 5.41) is 0. The first-order valence-corrected chi connectivity index (χ1v) is 6.39. The van der Waals surface area contributed by atoms with Gasteiger partial charge in [0.05, 0.1) is 12.2 Å². The van der Waals surface area contributed by atoms with Crippen LogP contribution in [0.15, 0.2) is 6.20 Å². The summed E-state index contributed by atoms with van der Waals surface area (Å²) in [4.78, 5) is 9.11. The van der Waals surface area contributed by atoms with Crippen LogP contribution in [0.3, 0.4) is 0 Å². The Morgan fingerprint density at radius 1 is 1.47 bits per heavy atom. The normalized spacial score (nSPS) is 33.0. The first kappa shape index (κ1) is 11.1. The zero-order valence-corrected chi connectivity index (χ0v) is 10.4. The highest BCUT2D eigenvalue weighted by Gasteiger charge is 2.42. The molecule has 92 valence electrons. The van der Waals surface area contributed by atoms with Gasteiger partial charge < -0.3 is 10.5 Å². The predicted octanol–water partition coefficient (Wildman–Crippen LogP) is 1.84. The molecule has 3 heterocycles. The molecule has 1 aromatic heterocycles. The van der Waals surface area contributed by atoms with Crippen LogP contribution in [0, 0.1) is 6.92 Å². The molecule has 2 aliphatic heterocycles. The monoisotopic (exact) mass is 233 g/mol. The summed E-state index contributed by atoms with van der Waals surface area (Å²) in [5.41, 5.74) is 7.92. The molecule has 0 amide bonds. The fourth-order valence-electron chi connectivity index (χ4n) is 3.03. The van der Waals surface area contributed by atoms with Gasteiger partial charge in [-0.05, 0) is 33.1 Å². The molecule has 2 aliphatic rings. The van der Waals surface area contributed by atoms with E-state index in [1.165, 1.54) is 6.42 Å². The molecule has 0 radical (unpaired) electrons. The standard InChI is InChI=1S/C13H19N3O/c1-7(14)11-6-15-13(16-8(11)2)10-5-9-3-4-12(10)17-9/h6-7,9-10,12H,3-5,14H2,1-2H3. The van der Waals surface area contributed by atoms with Crippen LogP contribution in [0.1, 0.15) is 55.2 Å². The molecule has 2 bridgehead atoms. The molecule has 0 aliphatic carbocycles. The third-order valence-corrected chi connectivity index (χ3v) is 3.96. The summed E-state index contributed by atoms with van der Waals surface area (Å²) < 4.78 is 5.85. The van der Waals surface area contributed by atoms with Gasteiger partial charge in [-0.25, -0.2) is 9.97 Å². The Hall–Kier alpha value is -1.00. The van der Waals surface area contributed by atoms with Crippen LogP contribution in [-0.4, -0.2) is 22.2 Å². The number of aryl methyl sites for hydroxylation is 1. The molecule has 2 saturated heterocycles. The Bertz CT molecular complexity index is 433. The molecule has 17 heavy (non-hydrogen) atoms. The van der Waals surface area contributed by atoms with Crippen molar-refractivity contribution in [3.8, 4) is 0 Å². The Kier molecular flexibility index (Phi) is 2.64. The van der Waals surface area contributed by atoms with Gasteiger partial charge in [0.2, 0.25) is 0 Å². The van der Waals surface area contributed by atoms with Crippen molar-refractivity contribution in [3.05, 3.63) is 23.3 Å². The van der Waals surface area contributed by atoms with Crippen LogP contribution in [-0.2, 0) is 4.74 Å². The molecule has 4 nitrogen and oxygen atoms in total. The molecule has 4 atom stereocenters. The molecule has 0 spiro atoms. The van der Waals surface area contributed by atoms with Gasteiger partial charge in [0.1, 0.15) is 5.82 Å². The lowest BCUT2D eigenvalue weighted by Gasteiger charge is -2.18. The van der Waals surface area contributed by atoms with Crippen LogP contribution in [0.4, 0.5) is 0 Å². The number of rotatable bonds is 2. The number of nitrogens with zero attached hydrogens (tertiary/aromatic N) is 2. The fraction of sp³-hybridized carbons (Fsp3) is 0.692. The van der Waals surface area contributed by atoms with Crippen molar-refractivity contribution in [1.29, 1.82) is 0 Å². The summed E-state index contributed by atoms with van der Waals surface area (Å²) in [5.74, 6) is 1.34. The van der Waals surface area contributed by atoms with Crippen LogP contribution in [0.25, 0.3) is 0 Å². The lowest BCUT2D eigenvalue weighted by Crippen LogP contribution is -2.19. The van der Waals surface area contributed by atoms with E-state index >= 15 is 0 Å². The van der Waals surface area contributed by atoms with Gasteiger partial charge in [-0.1, -0.05) is 0 Å². The zero-order chi connectivity index (χ0) is 12.0. The molecule has 2 N–H and O–H groups in total. The maximum absolute atomic E-state index is 5.87. The number of fused-ring (bicyclic) bond motifs is 2. The number of aromatic nitrogens is 2. The molecule has 3 rings (SSSR count). The second-order valence-electron chi connectivity index (χ2n) is 5.27. The van der Waals surface area contributed by atoms with Crippen molar-refractivity contribution in [1.82, 2.24) is 9.97 Å². The third kappa shape index (κ3) is 1.85.